The second-order valence-corrected chi connectivity index (χ2v) is 6.30. The van der Waals surface area contributed by atoms with Gasteiger partial charge in [-0.05, 0) is 12.0 Å². The maximum Gasteiger partial charge on any atom is 0.303 e. The molecule has 7 nitrogen and oxygen atoms in total. The van der Waals surface area contributed by atoms with Crippen molar-refractivity contribution in [1.29, 1.82) is 0 Å². The number of ether oxygens (including phenoxy) is 1. The average molecular weight is 352 g/mol. The van der Waals surface area contributed by atoms with Gasteiger partial charge in [-0.3, -0.25) is 4.79 Å². The number of hydrogen-bond acceptors (Lipinski definition) is 5. The maximum atomic E-state index is 10.7. The molecule has 0 atom stereocenters. The molecule has 1 aliphatic heterocycles. The zero-order valence-electron chi connectivity index (χ0n) is 14.3. The molecule has 0 bridgehead atoms. The van der Waals surface area contributed by atoms with E-state index in [1.807, 2.05) is 41.1 Å². The zero-order valence-corrected chi connectivity index (χ0v) is 14.3. The Hall–Kier alpha value is -2.93. The van der Waals surface area contributed by atoms with E-state index in [1.54, 1.807) is 6.20 Å². The molecular weight excluding hydrogens is 332 g/mol. The molecule has 1 aromatic carbocycles. The second-order valence-electron chi connectivity index (χ2n) is 6.30. The number of carboxylic acids is 1. The van der Waals surface area contributed by atoms with Crippen molar-refractivity contribution in [3.8, 4) is 11.3 Å². The average Bonchev–Trinajstić information content (AvgIpc) is 3.15. The molecule has 134 valence electrons. The van der Waals surface area contributed by atoms with Gasteiger partial charge in [-0.15, -0.1) is 0 Å². The second kappa shape index (κ2) is 7.13. The third-order valence-electron chi connectivity index (χ3n) is 4.54. The van der Waals surface area contributed by atoms with E-state index in [9.17, 15) is 4.79 Å². The minimum atomic E-state index is -0.781. The lowest BCUT2D eigenvalue weighted by Gasteiger charge is -2.28. The Labute approximate surface area is 150 Å². The van der Waals surface area contributed by atoms with Crippen molar-refractivity contribution >= 4 is 17.4 Å². The van der Waals surface area contributed by atoms with Crippen molar-refractivity contribution in [2.24, 2.45) is 0 Å². The minimum Gasteiger partial charge on any atom is -0.481 e. The lowest BCUT2D eigenvalue weighted by atomic mass is 10.1. The van der Waals surface area contributed by atoms with Crippen LogP contribution in [0.15, 0.2) is 42.9 Å². The number of benzene rings is 1. The Balaban J connectivity index is 1.66. The van der Waals surface area contributed by atoms with Crippen LogP contribution >= 0.6 is 0 Å². The summed E-state index contributed by atoms with van der Waals surface area (Å²) in [4.78, 5) is 22.2. The number of aryl methyl sites for hydroxylation is 1. The van der Waals surface area contributed by atoms with Crippen LogP contribution in [-0.4, -0.2) is 51.7 Å². The number of carbonyl (C=O) groups is 1. The van der Waals surface area contributed by atoms with E-state index in [-0.39, 0.29) is 6.42 Å². The van der Waals surface area contributed by atoms with E-state index in [0.29, 0.717) is 19.6 Å². The summed E-state index contributed by atoms with van der Waals surface area (Å²) in [5.74, 6) is 0.0854. The number of carboxylic acid groups (broad SMARTS) is 1. The first kappa shape index (κ1) is 16.5. The van der Waals surface area contributed by atoms with Gasteiger partial charge in [0.05, 0.1) is 18.9 Å². The van der Waals surface area contributed by atoms with Gasteiger partial charge in [-0.1, -0.05) is 24.3 Å². The molecule has 7 heteroatoms. The largest absolute Gasteiger partial charge is 0.481 e. The van der Waals surface area contributed by atoms with E-state index in [2.05, 4.69) is 9.88 Å². The predicted molar refractivity (Wildman–Crippen MR) is 97.4 cm³/mol. The van der Waals surface area contributed by atoms with Gasteiger partial charge >= 0.3 is 5.97 Å². The fraction of sp³-hybridized carbons (Fsp3) is 0.316. The van der Waals surface area contributed by atoms with E-state index >= 15 is 0 Å². The molecule has 3 heterocycles. The highest BCUT2D eigenvalue weighted by Crippen LogP contribution is 2.25. The van der Waals surface area contributed by atoms with Crippen LogP contribution < -0.4 is 4.90 Å². The molecule has 1 saturated heterocycles. The van der Waals surface area contributed by atoms with Gasteiger partial charge in [-0.25, -0.2) is 9.97 Å². The third kappa shape index (κ3) is 3.39. The molecule has 1 fully saturated rings. The lowest BCUT2D eigenvalue weighted by molar-refractivity contribution is -0.136. The summed E-state index contributed by atoms with van der Waals surface area (Å²) in [5.41, 5.74) is 3.71. The predicted octanol–water partition coefficient (Wildman–Crippen LogP) is 2.25. The summed E-state index contributed by atoms with van der Waals surface area (Å²) < 4.78 is 7.44. The number of aromatic nitrogens is 3. The summed E-state index contributed by atoms with van der Waals surface area (Å²) in [5, 5.41) is 8.81. The molecule has 1 N–H and O–H groups in total. The Morgan fingerprint density at radius 2 is 1.96 bits per heavy atom. The highest BCUT2D eigenvalue weighted by atomic mass is 16.5. The van der Waals surface area contributed by atoms with Gasteiger partial charge in [0, 0.05) is 43.7 Å². The molecule has 0 spiro atoms. The smallest absolute Gasteiger partial charge is 0.303 e. The molecule has 0 radical (unpaired) electrons. The number of imidazole rings is 1. The zero-order chi connectivity index (χ0) is 17.9. The fourth-order valence-corrected chi connectivity index (χ4v) is 3.13. The third-order valence-corrected chi connectivity index (χ3v) is 4.54. The molecule has 4 rings (SSSR count). The summed E-state index contributed by atoms with van der Waals surface area (Å²) in [6.07, 6.45) is 6.34. The van der Waals surface area contributed by atoms with Crippen molar-refractivity contribution in [2.45, 2.75) is 12.8 Å². The highest BCUT2D eigenvalue weighted by molar-refractivity contribution is 5.70. The number of nitrogens with zero attached hydrogens (tertiary/aromatic N) is 4. The fourth-order valence-electron chi connectivity index (χ4n) is 3.13. The van der Waals surface area contributed by atoms with Crippen LogP contribution in [0.25, 0.3) is 16.9 Å². The van der Waals surface area contributed by atoms with Crippen molar-refractivity contribution in [3.63, 3.8) is 0 Å². The Kier molecular flexibility index (Phi) is 4.53. The monoisotopic (exact) mass is 352 g/mol. The van der Waals surface area contributed by atoms with Gasteiger partial charge in [-0.2, -0.15) is 0 Å². The number of anilines is 1. The van der Waals surface area contributed by atoms with E-state index in [4.69, 9.17) is 14.8 Å². The number of morpholine rings is 1. The number of hydrogen-bond donors (Lipinski definition) is 1. The Morgan fingerprint density at radius 3 is 2.69 bits per heavy atom. The van der Waals surface area contributed by atoms with Gasteiger partial charge in [0.1, 0.15) is 0 Å². The van der Waals surface area contributed by atoms with Crippen LogP contribution in [0, 0.1) is 0 Å². The van der Waals surface area contributed by atoms with Gasteiger partial charge < -0.3 is 19.1 Å². The van der Waals surface area contributed by atoms with Crippen molar-refractivity contribution < 1.29 is 14.6 Å². The Bertz CT molecular complexity index is 914. The van der Waals surface area contributed by atoms with Crippen molar-refractivity contribution in [3.05, 3.63) is 48.4 Å². The molecule has 0 unspecified atom stereocenters. The summed E-state index contributed by atoms with van der Waals surface area (Å²) >= 11 is 0. The topological polar surface area (TPSA) is 80.0 Å². The van der Waals surface area contributed by atoms with Crippen molar-refractivity contribution in [1.82, 2.24) is 14.4 Å². The molecule has 0 aliphatic carbocycles. The van der Waals surface area contributed by atoms with E-state index in [0.717, 1.165) is 41.4 Å². The minimum absolute atomic E-state index is 0.139. The maximum absolute atomic E-state index is 10.7. The molecule has 1 aliphatic rings. The lowest BCUT2D eigenvalue weighted by Crippen LogP contribution is -2.37. The highest BCUT2D eigenvalue weighted by Gasteiger charge is 2.18. The first-order valence-electron chi connectivity index (χ1n) is 8.68. The normalized spacial score (nSPS) is 14.7. The Morgan fingerprint density at radius 1 is 1.19 bits per heavy atom. The summed E-state index contributed by atoms with van der Waals surface area (Å²) in [6, 6.07) is 7.91. The standard InChI is InChI=1S/C19H20N4O3/c24-17(25)6-3-14-1-4-15(5-2-14)16-13-23-8-7-20-18(23)19(21-16)22-9-11-26-12-10-22/h1-2,4-5,7-8,13H,3,6,9-12H2,(H,24,25). The quantitative estimate of drug-likeness (QED) is 0.759. The number of rotatable bonds is 5. The van der Waals surface area contributed by atoms with Gasteiger partial charge in [0.25, 0.3) is 0 Å². The summed E-state index contributed by atoms with van der Waals surface area (Å²) in [7, 11) is 0. The van der Waals surface area contributed by atoms with Crippen LogP contribution in [-0.2, 0) is 16.0 Å². The van der Waals surface area contributed by atoms with E-state index in [1.165, 1.54) is 0 Å². The van der Waals surface area contributed by atoms with Crippen LogP contribution in [0.5, 0.6) is 0 Å². The van der Waals surface area contributed by atoms with E-state index < -0.39 is 5.97 Å². The molecule has 2 aromatic heterocycles. The van der Waals surface area contributed by atoms with Crippen LogP contribution in [0.3, 0.4) is 0 Å². The first-order valence-corrected chi connectivity index (χ1v) is 8.68. The molecular formula is C19H20N4O3. The molecule has 26 heavy (non-hydrogen) atoms. The first-order chi connectivity index (χ1) is 12.7. The molecule has 0 amide bonds. The molecule has 3 aromatic rings. The number of fused-ring (bicyclic) bond motifs is 1. The van der Waals surface area contributed by atoms with Crippen LogP contribution in [0.2, 0.25) is 0 Å². The van der Waals surface area contributed by atoms with Crippen LogP contribution in [0.4, 0.5) is 5.82 Å². The SMILES string of the molecule is O=C(O)CCc1ccc(-c2cn3ccnc3c(N3CCOCC3)n2)cc1. The van der Waals surface area contributed by atoms with Crippen LogP contribution in [0.1, 0.15) is 12.0 Å². The van der Waals surface area contributed by atoms with Gasteiger partial charge in [0.15, 0.2) is 11.5 Å². The van der Waals surface area contributed by atoms with Gasteiger partial charge in [0.2, 0.25) is 0 Å². The number of aliphatic carboxylic acids is 1. The summed E-state index contributed by atoms with van der Waals surface area (Å²) in [6.45, 7) is 2.98. The molecule has 0 saturated carbocycles. The van der Waals surface area contributed by atoms with Crippen molar-refractivity contribution in [2.75, 3.05) is 31.2 Å².